The first-order valence-electron chi connectivity index (χ1n) is 8.02. The number of nitrogens with one attached hydrogen (secondary N) is 2. The number of carbonyl (C=O) groups is 1. The minimum absolute atomic E-state index is 0.0524. The number of amides is 1. The molecule has 1 amide bonds. The first-order valence-corrected chi connectivity index (χ1v) is 8.02. The average Bonchev–Trinajstić information content (AvgIpc) is 2.91. The lowest BCUT2D eigenvalue weighted by Crippen LogP contribution is -2.36. The zero-order chi connectivity index (χ0) is 16.9. The van der Waals surface area contributed by atoms with Crippen LogP contribution in [0.4, 0.5) is 0 Å². The fourth-order valence-electron chi connectivity index (χ4n) is 3.09. The van der Waals surface area contributed by atoms with Gasteiger partial charge in [0.15, 0.2) is 0 Å². The number of hydrogen-bond donors (Lipinski definition) is 2. The zero-order valence-electron chi connectivity index (χ0n) is 13.8. The fourth-order valence-corrected chi connectivity index (χ4v) is 3.09. The van der Waals surface area contributed by atoms with Gasteiger partial charge >= 0.3 is 5.69 Å². The van der Waals surface area contributed by atoms with Gasteiger partial charge in [0.2, 0.25) is 5.91 Å². The molecule has 0 bridgehead atoms. The normalized spacial score (nSPS) is 16.4. The number of methoxy groups -OCH3 is 1. The number of aromatic amines is 1. The van der Waals surface area contributed by atoms with E-state index in [0.29, 0.717) is 25.1 Å². The van der Waals surface area contributed by atoms with Crippen molar-refractivity contribution in [2.24, 2.45) is 5.41 Å². The topological polar surface area (TPSA) is 93.2 Å². The van der Waals surface area contributed by atoms with Gasteiger partial charge in [-0.1, -0.05) is 19.8 Å². The third-order valence-electron chi connectivity index (χ3n) is 4.49. The Balaban J connectivity index is 1.98. The van der Waals surface area contributed by atoms with Crippen LogP contribution in [-0.2, 0) is 22.6 Å². The molecule has 0 atom stereocenters. The van der Waals surface area contributed by atoms with Gasteiger partial charge in [-0.3, -0.25) is 19.1 Å². The number of rotatable bonds is 7. The number of aromatic nitrogens is 2. The molecule has 1 aliphatic rings. The summed E-state index contributed by atoms with van der Waals surface area (Å²) in [5, 5.41) is 2.79. The molecule has 1 heterocycles. The van der Waals surface area contributed by atoms with Crippen molar-refractivity contribution in [1.82, 2.24) is 14.9 Å². The summed E-state index contributed by atoms with van der Waals surface area (Å²) >= 11 is 0. The SMILES string of the molecule is COCCn1cc(CNC(=O)CC2(C)CCCC2)c(=O)[nH]c1=O. The standard InChI is InChI=1S/C16H25N3O4/c1-16(5-3-4-6-16)9-13(20)17-10-12-11-19(7-8-23-2)15(22)18-14(12)21/h11H,3-10H2,1-2H3,(H,17,20)(H,18,21,22). The summed E-state index contributed by atoms with van der Waals surface area (Å²) in [6.45, 7) is 2.98. The van der Waals surface area contributed by atoms with Crippen molar-refractivity contribution < 1.29 is 9.53 Å². The van der Waals surface area contributed by atoms with Crippen LogP contribution < -0.4 is 16.6 Å². The molecule has 0 unspecified atom stereocenters. The molecule has 128 valence electrons. The minimum atomic E-state index is -0.472. The molecule has 7 nitrogen and oxygen atoms in total. The van der Waals surface area contributed by atoms with Gasteiger partial charge in [-0.25, -0.2) is 4.79 Å². The third kappa shape index (κ3) is 4.79. The van der Waals surface area contributed by atoms with E-state index in [2.05, 4.69) is 17.2 Å². The second kappa shape index (κ2) is 7.59. The van der Waals surface area contributed by atoms with E-state index in [0.717, 1.165) is 12.8 Å². The molecule has 1 aromatic heterocycles. The van der Waals surface area contributed by atoms with E-state index in [-0.39, 0.29) is 17.9 Å². The van der Waals surface area contributed by atoms with E-state index in [1.54, 1.807) is 7.11 Å². The summed E-state index contributed by atoms with van der Waals surface area (Å²) in [6, 6.07) is 0. The van der Waals surface area contributed by atoms with Crippen molar-refractivity contribution in [2.45, 2.75) is 52.1 Å². The Morgan fingerprint density at radius 1 is 1.39 bits per heavy atom. The van der Waals surface area contributed by atoms with Gasteiger partial charge in [-0.2, -0.15) is 0 Å². The molecule has 1 aliphatic carbocycles. The van der Waals surface area contributed by atoms with Crippen molar-refractivity contribution in [1.29, 1.82) is 0 Å². The first kappa shape index (κ1) is 17.5. The number of H-pyrrole nitrogens is 1. The molecule has 2 rings (SSSR count). The highest BCUT2D eigenvalue weighted by Gasteiger charge is 2.30. The van der Waals surface area contributed by atoms with E-state index in [9.17, 15) is 14.4 Å². The van der Waals surface area contributed by atoms with E-state index in [1.165, 1.54) is 23.6 Å². The van der Waals surface area contributed by atoms with Crippen molar-refractivity contribution in [3.8, 4) is 0 Å². The second-order valence-corrected chi connectivity index (χ2v) is 6.57. The van der Waals surface area contributed by atoms with E-state index in [4.69, 9.17) is 4.74 Å². The Labute approximate surface area is 135 Å². The largest absolute Gasteiger partial charge is 0.383 e. The van der Waals surface area contributed by atoms with Crippen LogP contribution in [0.3, 0.4) is 0 Å². The molecule has 0 radical (unpaired) electrons. The highest BCUT2D eigenvalue weighted by atomic mass is 16.5. The van der Waals surface area contributed by atoms with Gasteiger partial charge in [-0.05, 0) is 18.3 Å². The summed E-state index contributed by atoms with van der Waals surface area (Å²) in [4.78, 5) is 37.9. The molecule has 7 heteroatoms. The number of hydrogen-bond acceptors (Lipinski definition) is 4. The maximum absolute atomic E-state index is 12.1. The zero-order valence-corrected chi connectivity index (χ0v) is 13.8. The maximum atomic E-state index is 12.1. The van der Waals surface area contributed by atoms with Crippen LogP contribution in [0.5, 0.6) is 0 Å². The van der Waals surface area contributed by atoms with E-state index in [1.807, 2.05) is 0 Å². The highest BCUT2D eigenvalue weighted by Crippen LogP contribution is 2.40. The van der Waals surface area contributed by atoms with Crippen molar-refractivity contribution in [3.63, 3.8) is 0 Å². The van der Waals surface area contributed by atoms with Crippen molar-refractivity contribution >= 4 is 5.91 Å². The van der Waals surface area contributed by atoms with Crippen LogP contribution in [0.25, 0.3) is 0 Å². The number of ether oxygens (including phenoxy) is 1. The molecule has 1 aromatic rings. The van der Waals surface area contributed by atoms with Gasteiger partial charge in [0, 0.05) is 26.3 Å². The van der Waals surface area contributed by atoms with Gasteiger partial charge in [0.1, 0.15) is 0 Å². The lowest BCUT2D eigenvalue weighted by Gasteiger charge is -2.22. The molecule has 0 aliphatic heterocycles. The Morgan fingerprint density at radius 3 is 2.74 bits per heavy atom. The Kier molecular flexibility index (Phi) is 5.76. The molecular weight excluding hydrogens is 298 g/mol. The highest BCUT2D eigenvalue weighted by molar-refractivity contribution is 5.76. The summed E-state index contributed by atoms with van der Waals surface area (Å²) in [7, 11) is 1.54. The molecule has 2 N–H and O–H groups in total. The van der Waals surface area contributed by atoms with Crippen molar-refractivity contribution in [2.75, 3.05) is 13.7 Å². The minimum Gasteiger partial charge on any atom is -0.383 e. The molecule has 23 heavy (non-hydrogen) atoms. The Bertz CT molecular complexity index is 656. The van der Waals surface area contributed by atoms with Crippen LogP contribution in [-0.4, -0.2) is 29.2 Å². The van der Waals surface area contributed by atoms with Crippen LogP contribution in [0.2, 0.25) is 0 Å². The summed E-state index contributed by atoms with van der Waals surface area (Å²) < 4.78 is 6.31. The third-order valence-corrected chi connectivity index (χ3v) is 4.49. The predicted octanol–water partition coefficient (Wildman–Crippen LogP) is 0.770. The lowest BCUT2D eigenvalue weighted by atomic mass is 9.85. The lowest BCUT2D eigenvalue weighted by molar-refractivity contribution is -0.123. The molecule has 0 spiro atoms. The second-order valence-electron chi connectivity index (χ2n) is 6.57. The quantitative estimate of drug-likeness (QED) is 0.775. The summed E-state index contributed by atoms with van der Waals surface area (Å²) in [5.74, 6) is -0.0524. The van der Waals surface area contributed by atoms with Crippen LogP contribution in [0.15, 0.2) is 15.8 Å². The van der Waals surface area contributed by atoms with Gasteiger partial charge in [0.25, 0.3) is 5.56 Å². The number of carbonyl (C=O) groups excluding carboxylic acids is 1. The van der Waals surface area contributed by atoms with Gasteiger partial charge in [-0.15, -0.1) is 0 Å². The maximum Gasteiger partial charge on any atom is 0.328 e. The van der Waals surface area contributed by atoms with Crippen LogP contribution >= 0.6 is 0 Å². The summed E-state index contributed by atoms with van der Waals surface area (Å²) in [6.07, 6.45) is 6.46. The number of nitrogens with zero attached hydrogens (tertiary/aromatic N) is 1. The Hall–Kier alpha value is -1.89. The molecular formula is C16H25N3O4. The summed E-state index contributed by atoms with van der Waals surface area (Å²) in [5.41, 5.74) is -0.490. The average molecular weight is 323 g/mol. The van der Waals surface area contributed by atoms with Gasteiger partial charge < -0.3 is 10.1 Å². The molecule has 0 aromatic carbocycles. The Morgan fingerprint density at radius 2 is 2.09 bits per heavy atom. The van der Waals surface area contributed by atoms with Crippen LogP contribution in [0.1, 0.15) is 44.6 Å². The first-order chi connectivity index (χ1) is 10.9. The van der Waals surface area contributed by atoms with Gasteiger partial charge in [0.05, 0.1) is 18.7 Å². The predicted molar refractivity (Wildman–Crippen MR) is 86.2 cm³/mol. The fraction of sp³-hybridized carbons (Fsp3) is 0.688. The molecule has 1 saturated carbocycles. The van der Waals surface area contributed by atoms with Crippen molar-refractivity contribution in [3.05, 3.63) is 32.6 Å². The van der Waals surface area contributed by atoms with E-state index < -0.39 is 11.2 Å². The molecule has 0 saturated heterocycles. The molecule has 1 fully saturated rings. The monoisotopic (exact) mass is 323 g/mol. The van der Waals surface area contributed by atoms with E-state index >= 15 is 0 Å². The smallest absolute Gasteiger partial charge is 0.328 e. The van der Waals surface area contributed by atoms with Crippen LogP contribution in [0, 0.1) is 5.41 Å².